The van der Waals surface area contributed by atoms with Gasteiger partial charge in [0, 0.05) is 6.20 Å². The lowest BCUT2D eigenvalue weighted by molar-refractivity contribution is 0.00578. The third-order valence-corrected chi connectivity index (χ3v) is 3.88. The lowest BCUT2D eigenvalue weighted by Crippen LogP contribution is -2.41. The number of rotatable bonds is 1. The molecule has 0 bridgehead atoms. The molecule has 6 heteroatoms. The van der Waals surface area contributed by atoms with E-state index in [9.17, 15) is 4.79 Å². The Morgan fingerprint density at radius 3 is 2.20 bits per heavy atom. The average molecular weight is 227 g/mol. The van der Waals surface area contributed by atoms with Crippen LogP contribution >= 0.6 is 11.3 Å². The summed E-state index contributed by atoms with van der Waals surface area (Å²) in [6.07, 6.45) is 1.65. The maximum absolute atomic E-state index is 11.0. The van der Waals surface area contributed by atoms with Gasteiger partial charge in [-0.05, 0) is 27.7 Å². The Morgan fingerprint density at radius 1 is 1.27 bits per heavy atom. The Balaban J connectivity index is 2.27. The minimum Gasteiger partial charge on any atom is -0.399 e. The van der Waals surface area contributed by atoms with E-state index in [0.29, 0.717) is 0 Å². The fourth-order valence-corrected chi connectivity index (χ4v) is 2.01. The Hall–Kier alpha value is -0.585. The topological polar surface area (TPSA) is 51.3 Å². The van der Waals surface area contributed by atoms with E-state index in [2.05, 4.69) is 4.98 Å². The first-order valence-electron chi connectivity index (χ1n) is 4.86. The highest BCUT2D eigenvalue weighted by Crippen LogP contribution is 2.36. The molecule has 0 aliphatic carbocycles. The van der Waals surface area contributed by atoms with Gasteiger partial charge in [-0.25, -0.2) is 0 Å². The molecule has 0 saturated carbocycles. The van der Waals surface area contributed by atoms with Gasteiger partial charge in [0.05, 0.1) is 16.0 Å². The summed E-state index contributed by atoms with van der Waals surface area (Å²) in [6.45, 7) is 7.95. The number of nitrogens with one attached hydrogen (secondary N) is 1. The first kappa shape index (κ1) is 10.9. The number of hydrogen-bond donors (Lipinski definition) is 1. The minimum absolute atomic E-state index is 0.0836. The summed E-state index contributed by atoms with van der Waals surface area (Å²) in [5.74, 6) is 0. The van der Waals surface area contributed by atoms with Crippen LogP contribution in [0.2, 0.25) is 0 Å². The van der Waals surface area contributed by atoms with Crippen molar-refractivity contribution in [1.29, 1.82) is 0 Å². The zero-order valence-corrected chi connectivity index (χ0v) is 10.1. The van der Waals surface area contributed by atoms with Gasteiger partial charge in [-0.2, -0.15) is 0 Å². The molecule has 0 amide bonds. The fraction of sp³-hybridized carbons (Fsp3) is 0.667. The highest BCUT2D eigenvalue weighted by Gasteiger charge is 2.52. The van der Waals surface area contributed by atoms with Crippen molar-refractivity contribution < 1.29 is 9.31 Å². The molecule has 0 atom stereocenters. The minimum atomic E-state index is -0.432. The first-order chi connectivity index (χ1) is 6.82. The number of H-pyrrole nitrogens is 1. The average Bonchev–Trinajstić information content (AvgIpc) is 2.56. The second-order valence-electron chi connectivity index (χ2n) is 4.67. The maximum atomic E-state index is 11.0. The van der Waals surface area contributed by atoms with Crippen LogP contribution in [-0.4, -0.2) is 23.3 Å². The highest BCUT2D eigenvalue weighted by molar-refractivity contribution is 7.20. The molecule has 2 heterocycles. The van der Waals surface area contributed by atoms with E-state index >= 15 is 0 Å². The molecule has 1 aliphatic rings. The summed E-state index contributed by atoms with van der Waals surface area (Å²) in [6, 6.07) is 0. The standard InChI is InChI=1S/C9H14BNO3S/c1-8(2)9(3,4)14-10(13-8)6-5-11-7(12)15-6/h5H,1-4H3,(H,11,12). The third kappa shape index (κ3) is 1.77. The molecule has 82 valence electrons. The molecule has 0 spiro atoms. The van der Waals surface area contributed by atoms with Crippen LogP contribution in [-0.2, 0) is 9.31 Å². The van der Waals surface area contributed by atoms with Crippen LogP contribution in [0.25, 0.3) is 0 Å². The SMILES string of the molecule is CC1(C)OB(c2c[nH]c(=O)s2)OC1(C)C. The molecule has 1 aliphatic heterocycles. The van der Waals surface area contributed by atoms with Crippen LogP contribution in [0.3, 0.4) is 0 Å². The van der Waals surface area contributed by atoms with Crippen LogP contribution < -0.4 is 9.65 Å². The van der Waals surface area contributed by atoms with Crippen molar-refractivity contribution in [3.05, 3.63) is 15.9 Å². The summed E-state index contributed by atoms with van der Waals surface area (Å²) in [5.41, 5.74) is -0.713. The van der Waals surface area contributed by atoms with E-state index in [1.54, 1.807) is 6.20 Å². The smallest absolute Gasteiger partial charge is 0.399 e. The van der Waals surface area contributed by atoms with E-state index < -0.39 is 7.12 Å². The van der Waals surface area contributed by atoms with E-state index in [0.717, 1.165) is 16.1 Å². The van der Waals surface area contributed by atoms with E-state index in [-0.39, 0.29) is 16.1 Å². The Morgan fingerprint density at radius 2 is 1.80 bits per heavy atom. The van der Waals surface area contributed by atoms with Crippen molar-refractivity contribution in [2.75, 3.05) is 0 Å². The van der Waals surface area contributed by atoms with Gasteiger partial charge in [0.1, 0.15) is 0 Å². The molecular weight excluding hydrogens is 213 g/mol. The van der Waals surface area contributed by atoms with Gasteiger partial charge in [0.2, 0.25) is 0 Å². The van der Waals surface area contributed by atoms with Crippen molar-refractivity contribution in [2.45, 2.75) is 38.9 Å². The molecule has 1 saturated heterocycles. The van der Waals surface area contributed by atoms with Crippen molar-refractivity contribution in [3.63, 3.8) is 0 Å². The number of aromatic nitrogens is 1. The van der Waals surface area contributed by atoms with Crippen molar-refractivity contribution in [2.24, 2.45) is 0 Å². The van der Waals surface area contributed by atoms with Gasteiger partial charge in [-0.15, -0.1) is 0 Å². The zero-order chi connectivity index (χ0) is 11.3. The Labute approximate surface area is 92.8 Å². The summed E-state index contributed by atoms with van der Waals surface area (Å²) in [5, 5.41) is 0. The summed E-state index contributed by atoms with van der Waals surface area (Å²) >= 11 is 1.13. The van der Waals surface area contributed by atoms with Crippen LogP contribution in [0, 0.1) is 0 Å². The quantitative estimate of drug-likeness (QED) is 0.719. The molecule has 1 aromatic rings. The van der Waals surface area contributed by atoms with Gasteiger partial charge in [-0.1, -0.05) is 11.3 Å². The second kappa shape index (κ2) is 3.20. The molecule has 1 aromatic heterocycles. The van der Waals surface area contributed by atoms with Gasteiger partial charge >= 0.3 is 12.0 Å². The highest BCUT2D eigenvalue weighted by atomic mass is 32.1. The van der Waals surface area contributed by atoms with Crippen molar-refractivity contribution in [3.8, 4) is 0 Å². The van der Waals surface area contributed by atoms with Gasteiger partial charge < -0.3 is 14.3 Å². The van der Waals surface area contributed by atoms with E-state index in [1.165, 1.54) is 0 Å². The van der Waals surface area contributed by atoms with Crippen LogP contribution in [0.4, 0.5) is 0 Å². The summed E-state index contributed by atoms with van der Waals surface area (Å²) < 4.78 is 12.4. The number of aromatic amines is 1. The third-order valence-electron chi connectivity index (χ3n) is 3.03. The van der Waals surface area contributed by atoms with Gasteiger partial charge in [0.25, 0.3) is 0 Å². The normalized spacial score (nSPS) is 23.3. The van der Waals surface area contributed by atoms with Crippen LogP contribution in [0.5, 0.6) is 0 Å². The number of thiazole rings is 1. The maximum Gasteiger partial charge on any atom is 0.507 e. The summed E-state index contributed by atoms with van der Waals surface area (Å²) in [4.78, 5) is 13.5. The first-order valence-corrected chi connectivity index (χ1v) is 5.67. The van der Waals surface area contributed by atoms with E-state index in [4.69, 9.17) is 9.31 Å². The molecule has 15 heavy (non-hydrogen) atoms. The van der Waals surface area contributed by atoms with Gasteiger partial charge in [0.15, 0.2) is 0 Å². The largest absolute Gasteiger partial charge is 0.507 e. The van der Waals surface area contributed by atoms with E-state index in [1.807, 2.05) is 27.7 Å². The lowest BCUT2D eigenvalue weighted by Gasteiger charge is -2.32. The van der Waals surface area contributed by atoms with Crippen LogP contribution in [0.1, 0.15) is 27.7 Å². The monoisotopic (exact) mass is 227 g/mol. The lowest BCUT2D eigenvalue weighted by atomic mass is 9.89. The molecule has 0 aromatic carbocycles. The predicted octanol–water partition coefficient (Wildman–Crippen LogP) is 0.736. The van der Waals surface area contributed by atoms with Crippen molar-refractivity contribution in [1.82, 2.24) is 4.98 Å². The van der Waals surface area contributed by atoms with Gasteiger partial charge in [-0.3, -0.25) is 4.79 Å². The second-order valence-corrected chi connectivity index (χ2v) is 5.72. The predicted molar refractivity (Wildman–Crippen MR) is 60.7 cm³/mol. The number of hydrogen-bond acceptors (Lipinski definition) is 4. The fourth-order valence-electron chi connectivity index (χ4n) is 1.37. The molecule has 0 unspecified atom stereocenters. The van der Waals surface area contributed by atoms with Crippen molar-refractivity contribution >= 4 is 23.2 Å². The Bertz CT molecular complexity index is 407. The van der Waals surface area contributed by atoms with Crippen LogP contribution in [0.15, 0.2) is 11.0 Å². The molecular formula is C9H14BNO3S. The summed E-state index contributed by atoms with van der Waals surface area (Å²) in [7, 11) is -0.432. The zero-order valence-electron chi connectivity index (χ0n) is 9.29. The Kier molecular flexibility index (Phi) is 2.33. The molecule has 1 fully saturated rings. The molecule has 4 nitrogen and oxygen atoms in total. The molecule has 0 radical (unpaired) electrons. The molecule has 2 rings (SSSR count). The molecule has 1 N–H and O–H groups in total.